The van der Waals surface area contributed by atoms with Crippen molar-refractivity contribution in [2.24, 2.45) is 10.7 Å². The lowest BCUT2D eigenvalue weighted by atomic mass is 9.80. The fraction of sp³-hybridized carbons (Fsp3) is 0.111. The number of hydrogen-bond acceptors (Lipinski definition) is 6. The number of esters is 1. The van der Waals surface area contributed by atoms with Gasteiger partial charge in [-0.15, -0.1) is 0 Å². The van der Waals surface area contributed by atoms with Crippen LogP contribution in [0.25, 0.3) is 22.0 Å². The Bertz CT molecular complexity index is 1570. The molecule has 7 nitrogen and oxygen atoms in total. The second-order valence-electron chi connectivity index (χ2n) is 8.36. The largest absolute Gasteiger partial charge is 0.491 e. The van der Waals surface area contributed by atoms with Gasteiger partial charge in [-0.05, 0) is 23.3 Å². The quantitative estimate of drug-likeness (QED) is 0.328. The SMILES string of the molecule is CN1C(=O)C(c2ccccc2)(c2cccc(-c3cccc4ncccc34)c2OC(=O)C(F)(F)F)N=C1N. The molecule has 1 aliphatic heterocycles. The van der Waals surface area contributed by atoms with Gasteiger partial charge in [0.2, 0.25) is 0 Å². The standard InChI is InChI=1S/C27H19F3N4O3/c1-34-23(35)26(33-25(34)31,16-8-3-2-4-9-16)20-13-5-11-19(22(20)37-24(36)27(28,29)30)17-10-6-14-21-18(17)12-7-15-32-21/h2-15H,1H3,(H2,31,33). The van der Waals surface area contributed by atoms with Gasteiger partial charge in [0.15, 0.2) is 11.5 Å². The fourth-order valence-electron chi connectivity index (χ4n) is 4.47. The third-order valence-electron chi connectivity index (χ3n) is 6.20. The number of pyridine rings is 1. The van der Waals surface area contributed by atoms with Gasteiger partial charge in [-0.1, -0.05) is 66.7 Å². The average Bonchev–Trinajstić information content (AvgIpc) is 3.13. The van der Waals surface area contributed by atoms with E-state index in [4.69, 9.17) is 10.5 Å². The van der Waals surface area contributed by atoms with Crippen LogP contribution in [0.1, 0.15) is 11.1 Å². The van der Waals surface area contributed by atoms with E-state index in [1.807, 2.05) is 0 Å². The van der Waals surface area contributed by atoms with Crippen LogP contribution in [-0.4, -0.2) is 40.9 Å². The van der Waals surface area contributed by atoms with Gasteiger partial charge >= 0.3 is 12.1 Å². The number of carbonyl (C=O) groups excluding carboxylic acids is 2. The number of fused-ring (bicyclic) bond motifs is 1. The highest BCUT2D eigenvalue weighted by atomic mass is 19.4. The number of rotatable bonds is 4. The van der Waals surface area contributed by atoms with E-state index in [9.17, 15) is 22.8 Å². The van der Waals surface area contributed by atoms with Crippen LogP contribution in [0.5, 0.6) is 5.75 Å². The molecule has 37 heavy (non-hydrogen) atoms. The predicted molar refractivity (Wildman–Crippen MR) is 130 cm³/mol. The van der Waals surface area contributed by atoms with E-state index < -0.39 is 29.3 Å². The van der Waals surface area contributed by atoms with E-state index >= 15 is 0 Å². The Morgan fingerprint density at radius 3 is 2.32 bits per heavy atom. The number of para-hydroxylation sites is 1. The molecule has 186 valence electrons. The Kier molecular flexibility index (Phi) is 5.66. The first-order chi connectivity index (χ1) is 17.6. The van der Waals surface area contributed by atoms with Crippen LogP contribution in [0.2, 0.25) is 0 Å². The second-order valence-corrected chi connectivity index (χ2v) is 8.36. The lowest BCUT2D eigenvalue weighted by molar-refractivity contribution is -0.189. The van der Waals surface area contributed by atoms with Gasteiger partial charge in [0.25, 0.3) is 5.91 Å². The lowest BCUT2D eigenvalue weighted by Crippen LogP contribution is -2.41. The summed E-state index contributed by atoms with van der Waals surface area (Å²) in [5.74, 6) is -3.64. The molecule has 3 aromatic carbocycles. The second kappa shape index (κ2) is 8.74. The van der Waals surface area contributed by atoms with Crippen LogP contribution < -0.4 is 10.5 Å². The smallest absolute Gasteiger partial charge is 0.419 e. The van der Waals surface area contributed by atoms with Gasteiger partial charge in [0, 0.05) is 29.8 Å². The highest BCUT2D eigenvalue weighted by molar-refractivity contribution is 6.10. The van der Waals surface area contributed by atoms with E-state index in [0.29, 0.717) is 22.0 Å². The summed E-state index contributed by atoms with van der Waals surface area (Å²) in [5, 5.41) is 0.609. The van der Waals surface area contributed by atoms with Crippen molar-refractivity contribution in [3.8, 4) is 16.9 Å². The summed E-state index contributed by atoms with van der Waals surface area (Å²) >= 11 is 0. The lowest BCUT2D eigenvalue weighted by Gasteiger charge is -2.29. The third kappa shape index (κ3) is 3.86. The van der Waals surface area contributed by atoms with Crippen molar-refractivity contribution in [1.82, 2.24) is 9.88 Å². The molecule has 0 spiro atoms. The van der Waals surface area contributed by atoms with Crippen molar-refractivity contribution in [3.63, 3.8) is 0 Å². The monoisotopic (exact) mass is 504 g/mol. The van der Waals surface area contributed by atoms with Crippen LogP contribution in [0.15, 0.2) is 90.1 Å². The van der Waals surface area contributed by atoms with Crippen molar-refractivity contribution in [1.29, 1.82) is 0 Å². The van der Waals surface area contributed by atoms with E-state index in [-0.39, 0.29) is 17.1 Å². The van der Waals surface area contributed by atoms with Crippen molar-refractivity contribution < 1.29 is 27.5 Å². The Labute approximate surface area is 209 Å². The molecule has 0 saturated carbocycles. The van der Waals surface area contributed by atoms with E-state index in [1.165, 1.54) is 19.2 Å². The van der Waals surface area contributed by atoms with Gasteiger partial charge in [0.05, 0.1) is 5.52 Å². The first kappa shape index (κ1) is 24.0. The van der Waals surface area contributed by atoms with Gasteiger partial charge in [0.1, 0.15) is 5.75 Å². The number of aromatic nitrogens is 1. The summed E-state index contributed by atoms with van der Waals surface area (Å²) in [5.41, 5.74) is 5.60. The van der Waals surface area contributed by atoms with Crippen LogP contribution in [-0.2, 0) is 15.1 Å². The number of nitrogens with zero attached hydrogens (tertiary/aromatic N) is 3. The summed E-state index contributed by atoms with van der Waals surface area (Å²) < 4.78 is 45.4. The molecular formula is C27H19F3N4O3. The van der Waals surface area contributed by atoms with Crippen LogP contribution in [0.3, 0.4) is 0 Å². The Morgan fingerprint density at radius 1 is 0.946 bits per heavy atom. The molecule has 2 N–H and O–H groups in total. The molecule has 1 aromatic heterocycles. The summed E-state index contributed by atoms with van der Waals surface area (Å²) in [6.45, 7) is 0. The number of guanidine groups is 1. The number of ether oxygens (including phenoxy) is 1. The average molecular weight is 504 g/mol. The van der Waals surface area contributed by atoms with E-state index in [2.05, 4.69) is 9.98 Å². The molecule has 1 atom stereocenters. The zero-order valence-corrected chi connectivity index (χ0v) is 19.4. The van der Waals surface area contributed by atoms with Crippen molar-refractivity contribution in [2.75, 3.05) is 7.05 Å². The molecule has 0 radical (unpaired) electrons. The third-order valence-corrected chi connectivity index (χ3v) is 6.20. The fourth-order valence-corrected chi connectivity index (χ4v) is 4.47. The Hall–Kier alpha value is -4.73. The predicted octanol–water partition coefficient (Wildman–Crippen LogP) is 4.40. The minimum Gasteiger partial charge on any atom is -0.419 e. The molecule has 5 rings (SSSR count). The number of nitrogens with two attached hydrogens (primary N) is 1. The number of aliphatic imine (C=N–C) groups is 1. The van der Waals surface area contributed by atoms with Gasteiger partial charge in [-0.2, -0.15) is 13.2 Å². The van der Waals surface area contributed by atoms with Gasteiger partial charge < -0.3 is 10.5 Å². The normalized spacial score (nSPS) is 17.7. The number of hydrogen-bond donors (Lipinski definition) is 1. The number of alkyl halides is 3. The summed E-state index contributed by atoms with van der Waals surface area (Å²) in [6.07, 6.45) is -3.70. The zero-order valence-electron chi connectivity index (χ0n) is 19.4. The maximum Gasteiger partial charge on any atom is 0.491 e. The van der Waals surface area contributed by atoms with Gasteiger partial charge in [-0.25, -0.2) is 9.79 Å². The summed E-state index contributed by atoms with van der Waals surface area (Å²) in [4.78, 5) is 35.7. The number of amides is 1. The van der Waals surface area contributed by atoms with Crippen LogP contribution in [0, 0.1) is 0 Å². The maximum atomic E-state index is 13.7. The maximum absolute atomic E-state index is 13.7. The van der Waals surface area contributed by atoms with Crippen molar-refractivity contribution >= 4 is 28.7 Å². The minimum absolute atomic E-state index is 0.0630. The number of halogens is 3. The molecule has 0 bridgehead atoms. The number of likely N-dealkylation sites (N-methyl/N-ethyl adjacent to an activating group) is 1. The molecule has 1 amide bonds. The Morgan fingerprint density at radius 2 is 1.65 bits per heavy atom. The molecule has 4 aromatic rings. The molecular weight excluding hydrogens is 485 g/mol. The number of carbonyl (C=O) groups is 2. The van der Waals surface area contributed by atoms with Gasteiger partial charge in [-0.3, -0.25) is 14.7 Å². The molecule has 0 aliphatic carbocycles. The number of benzene rings is 3. The summed E-state index contributed by atoms with van der Waals surface area (Å²) in [7, 11) is 1.41. The van der Waals surface area contributed by atoms with E-state index in [0.717, 1.165) is 4.90 Å². The highest BCUT2D eigenvalue weighted by Crippen LogP contribution is 2.48. The molecule has 10 heteroatoms. The topological polar surface area (TPSA) is 97.9 Å². The molecule has 1 aliphatic rings. The summed E-state index contributed by atoms with van der Waals surface area (Å²) in [6, 6.07) is 21.3. The first-order valence-electron chi connectivity index (χ1n) is 11.1. The highest BCUT2D eigenvalue weighted by Gasteiger charge is 2.52. The molecule has 2 heterocycles. The zero-order chi connectivity index (χ0) is 26.4. The van der Waals surface area contributed by atoms with E-state index in [1.54, 1.807) is 72.9 Å². The van der Waals surface area contributed by atoms with Crippen molar-refractivity contribution in [3.05, 3.63) is 96.2 Å². The molecule has 0 saturated heterocycles. The van der Waals surface area contributed by atoms with Crippen LogP contribution >= 0.6 is 0 Å². The molecule has 0 fully saturated rings. The minimum atomic E-state index is -5.29. The first-order valence-corrected chi connectivity index (χ1v) is 11.1. The van der Waals surface area contributed by atoms with Crippen LogP contribution in [0.4, 0.5) is 13.2 Å². The van der Waals surface area contributed by atoms with Crippen molar-refractivity contribution in [2.45, 2.75) is 11.7 Å². The molecule has 1 unspecified atom stereocenters. The Balaban J connectivity index is 1.87.